The molecule has 0 saturated carbocycles. The summed E-state index contributed by atoms with van der Waals surface area (Å²) in [6.07, 6.45) is 13.4. The van der Waals surface area contributed by atoms with Crippen LogP contribution in [0.15, 0.2) is 60.7 Å². The summed E-state index contributed by atoms with van der Waals surface area (Å²) in [5, 5.41) is 0. The van der Waals surface area contributed by atoms with Gasteiger partial charge in [-0.25, -0.2) is 0 Å². The van der Waals surface area contributed by atoms with Gasteiger partial charge in [-0.3, -0.25) is 0 Å². The molecule has 6 heteroatoms. The third-order valence-corrected chi connectivity index (χ3v) is 15.9. The van der Waals surface area contributed by atoms with E-state index in [4.69, 9.17) is 5.29 Å². The molecule has 34 heavy (non-hydrogen) atoms. The molecule has 0 heterocycles. The van der Waals surface area contributed by atoms with Gasteiger partial charge in [0, 0.05) is 0 Å². The Kier molecular flexibility index (Phi) is 16.9. The Morgan fingerprint density at radius 1 is 0.676 bits per heavy atom. The van der Waals surface area contributed by atoms with E-state index in [2.05, 4.69) is 6.92 Å². The molecular formula is C28H38Hg2O4. The molecule has 0 bridgehead atoms. The Morgan fingerprint density at radius 3 is 1.68 bits per heavy atom. The summed E-state index contributed by atoms with van der Waals surface area (Å²) in [7, 11) is 0. The molecule has 0 amide bonds. The fourth-order valence-corrected chi connectivity index (χ4v) is 11.5. The van der Waals surface area contributed by atoms with E-state index in [1.54, 1.807) is 0 Å². The molecule has 0 aliphatic heterocycles. The van der Waals surface area contributed by atoms with Gasteiger partial charge in [0.2, 0.25) is 0 Å². The van der Waals surface area contributed by atoms with Gasteiger partial charge in [-0.2, -0.15) is 0 Å². The van der Waals surface area contributed by atoms with Gasteiger partial charge in [-0.1, -0.05) is 19.8 Å². The van der Waals surface area contributed by atoms with Crippen LogP contribution in [0.2, 0.25) is 0 Å². The Labute approximate surface area is 231 Å². The van der Waals surface area contributed by atoms with Crippen LogP contribution in [0.25, 0.3) is 0 Å². The first-order valence-electron chi connectivity index (χ1n) is 13.1. The minimum atomic E-state index is -1.95. The van der Waals surface area contributed by atoms with E-state index < -0.39 is 50.1 Å². The van der Waals surface area contributed by atoms with Gasteiger partial charge in [0.1, 0.15) is 0 Å². The molecular weight excluding hydrogens is 801 g/mol. The van der Waals surface area contributed by atoms with Crippen molar-refractivity contribution in [3.63, 3.8) is 0 Å². The van der Waals surface area contributed by atoms with Gasteiger partial charge in [0.25, 0.3) is 0 Å². The molecule has 1 unspecified atom stereocenters. The zero-order valence-corrected chi connectivity index (χ0v) is 31.9. The maximum absolute atomic E-state index is 12.9. The van der Waals surface area contributed by atoms with E-state index >= 15 is 0 Å². The molecule has 178 valence electrons. The fraction of sp³-hybridized carbons (Fsp3) is 0.500. The first-order valence-corrected chi connectivity index (χ1v) is 23.1. The van der Waals surface area contributed by atoms with Crippen LogP contribution in [0.5, 0.6) is 0 Å². The Bertz CT molecular complexity index is 799. The van der Waals surface area contributed by atoms with Gasteiger partial charge in [0.15, 0.2) is 0 Å². The summed E-state index contributed by atoms with van der Waals surface area (Å²) in [4.78, 5) is 25.4. The molecule has 1 atom stereocenters. The summed E-state index contributed by atoms with van der Waals surface area (Å²) < 4.78 is 13.8. The van der Waals surface area contributed by atoms with Crippen LogP contribution in [0.4, 0.5) is 0 Å². The normalized spacial score (nSPS) is 11.2. The van der Waals surface area contributed by atoms with Crippen LogP contribution < -0.4 is 6.14 Å². The van der Waals surface area contributed by atoms with Gasteiger partial charge in [0.05, 0.1) is 0 Å². The van der Waals surface area contributed by atoms with Crippen molar-refractivity contribution in [3.05, 3.63) is 60.7 Å². The van der Waals surface area contributed by atoms with E-state index in [9.17, 15) is 9.59 Å². The second kappa shape index (κ2) is 19.4. The zero-order chi connectivity index (χ0) is 24.3. The third kappa shape index (κ3) is 14.0. The molecule has 0 aliphatic rings. The molecule has 4 nitrogen and oxygen atoms in total. The second-order valence-corrected chi connectivity index (χ2v) is 19.9. The molecule has 0 radical (unpaired) electrons. The van der Waals surface area contributed by atoms with Crippen molar-refractivity contribution in [2.24, 2.45) is 5.92 Å². The van der Waals surface area contributed by atoms with Crippen molar-refractivity contribution in [1.29, 1.82) is 0 Å². The SMILES string of the molecule is CCCCCCCCCCCCC(CC(=O)[O][Hg][c]1ccccc1)C(=O)[O][Hg][c]1ccccc1. The second-order valence-electron chi connectivity index (χ2n) is 9.11. The first kappa shape index (κ1) is 29.5. The summed E-state index contributed by atoms with van der Waals surface area (Å²) in [6, 6.07) is 20.0. The number of hydrogen-bond donors (Lipinski definition) is 0. The molecule has 0 aliphatic carbocycles. The quantitative estimate of drug-likeness (QED) is 0.136. The predicted molar refractivity (Wildman–Crippen MR) is 129 cm³/mol. The zero-order valence-electron chi connectivity index (χ0n) is 20.9. The molecule has 0 spiro atoms. The van der Waals surface area contributed by atoms with Crippen LogP contribution in [-0.4, -0.2) is 11.9 Å². The van der Waals surface area contributed by atoms with E-state index in [1.165, 1.54) is 57.5 Å². The molecule has 0 fully saturated rings. The maximum atomic E-state index is 12.9. The molecule has 0 saturated heterocycles. The van der Waals surface area contributed by atoms with Crippen molar-refractivity contribution in [3.8, 4) is 0 Å². The van der Waals surface area contributed by atoms with Crippen molar-refractivity contribution in [2.75, 3.05) is 0 Å². The van der Waals surface area contributed by atoms with Gasteiger partial charge in [-0.05, 0) is 0 Å². The number of carbonyl (C=O) groups is 2. The van der Waals surface area contributed by atoms with Crippen molar-refractivity contribution in [1.82, 2.24) is 0 Å². The number of benzene rings is 2. The average molecular weight is 840 g/mol. The summed E-state index contributed by atoms with van der Waals surface area (Å²) in [5.74, 6) is -0.778. The van der Waals surface area contributed by atoms with Crippen molar-refractivity contribution >= 4 is 18.1 Å². The number of hydrogen-bond acceptors (Lipinski definition) is 4. The molecule has 2 aromatic carbocycles. The number of carbonyl (C=O) groups excluding carboxylic acids is 2. The van der Waals surface area contributed by atoms with E-state index in [0.717, 1.165) is 19.3 Å². The summed E-state index contributed by atoms with van der Waals surface area (Å²) in [5.41, 5.74) is 0. The van der Waals surface area contributed by atoms with Crippen LogP contribution in [0.1, 0.15) is 84.0 Å². The molecule has 0 aromatic heterocycles. The van der Waals surface area contributed by atoms with Crippen molar-refractivity contribution < 1.29 is 64.9 Å². The predicted octanol–water partition coefficient (Wildman–Crippen LogP) is 6.04. The third-order valence-electron chi connectivity index (χ3n) is 6.12. The molecule has 2 rings (SSSR count). The van der Waals surface area contributed by atoms with Crippen LogP contribution in [0.3, 0.4) is 0 Å². The van der Waals surface area contributed by atoms with Crippen molar-refractivity contribution in [2.45, 2.75) is 84.0 Å². The van der Waals surface area contributed by atoms with Gasteiger partial charge >= 0.3 is 214 Å². The standard InChI is InChI=1S/C16H30O4.2C6H5.2Hg/c1-2-3-4-5-6-7-8-9-10-11-12-14(16(19)20)13-15(17)18;2*1-2-4-6-5-3-1;;/h14H,2-13H2,1H3,(H,17,18)(H,19,20);2*1-5H;;/q;;;2*+1/p-2. The van der Waals surface area contributed by atoms with E-state index in [1.807, 2.05) is 60.7 Å². The molecule has 0 N–H and O–H groups in total. The van der Waals surface area contributed by atoms with Crippen LogP contribution in [-0.2, 0) is 64.9 Å². The minimum absolute atomic E-state index is 0.158. The van der Waals surface area contributed by atoms with E-state index in [-0.39, 0.29) is 24.3 Å². The first-order chi connectivity index (χ1) is 16.7. The topological polar surface area (TPSA) is 52.6 Å². The fourth-order valence-electron chi connectivity index (χ4n) is 4.03. The monoisotopic (exact) mass is 842 g/mol. The van der Waals surface area contributed by atoms with Crippen LogP contribution in [0, 0.1) is 5.92 Å². The summed E-state index contributed by atoms with van der Waals surface area (Å²) >= 11 is -3.87. The van der Waals surface area contributed by atoms with Crippen LogP contribution >= 0.6 is 0 Å². The number of unbranched alkanes of at least 4 members (excludes halogenated alkanes) is 9. The number of rotatable bonds is 18. The Hall–Kier alpha value is -0.750. The average Bonchev–Trinajstić information content (AvgIpc) is 2.87. The van der Waals surface area contributed by atoms with Gasteiger partial charge in [-0.15, -0.1) is 0 Å². The summed E-state index contributed by atoms with van der Waals surface area (Å²) in [6.45, 7) is 2.25. The van der Waals surface area contributed by atoms with Gasteiger partial charge < -0.3 is 0 Å². The Morgan fingerprint density at radius 2 is 1.15 bits per heavy atom. The Balaban J connectivity index is 1.74. The van der Waals surface area contributed by atoms with E-state index in [0.29, 0.717) is 0 Å². The molecule has 2 aromatic rings.